The Balaban J connectivity index is 1.90. The molecule has 0 N–H and O–H groups in total. The van der Waals surface area contributed by atoms with Gasteiger partial charge in [0.2, 0.25) is 4.96 Å². The number of fused-ring (bicyclic) bond motifs is 1. The number of methoxy groups -OCH3 is 1. The van der Waals surface area contributed by atoms with Crippen molar-refractivity contribution < 1.29 is 9.15 Å². The molecule has 1 aromatic carbocycles. The molecule has 0 atom stereocenters. The van der Waals surface area contributed by atoms with Crippen LogP contribution in [0.1, 0.15) is 0 Å². The average Bonchev–Trinajstić information content (AvgIpc) is 3.22. The third-order valence-electron chi connectivity index (χ3n) is 3.07. The fraction of sp³-hybridized carbons (Fsp3) is 0.0714. The highest BCUT2D eigenvalue weighted by Gasteiger charge is 2.17. The fourth-order valence-electron chi connectivity index (χ4n) is 2.11. The summed E-state index contributed by atoms with van der Waals surface area (Å²) in [7, 11) is 1.63. The van der Waals surface area contributed by atoms with Crippen molar-refractivity contribution in [2.75, 3.05) is 7.11 Å². The largest absolute Gasteiger partial charge is 0.496 e. The van der Waals surface area contributed by atoms with Crippen molar-refractivity contribution in [1.82, 2.24) is 19.8 Å². The van der Waals surface area contributed by atoms with E-state index in [1.807, 2.05) is 36.4 Å². The SMILES string of the molecule is COc1ccccc1-c1nnc2sc(-c3ccco3)nn12. The highest BCUT2D eigenvalue weighted by Crippen LogP contribution is 2.31. The molecule has 3 heterocycles. The molecular formula is C14H10N4O2S. The summed E-state index contributed by atoms with van der Waals surface area (Å²) in [6.07, 6.45) is 1.62. The number of hydrogen-bond donors (Lipinski definition) is 0. The topological polar surface area (TPSA) is 65.5 Å². The van der Waals surface area contributed by atoms with Crippen LogP contribution in [0.4, 0.5) is 0 Å². The molecule has 3 aromatic heterocycles. The first kappa shape index (κ1) is 12.1. The molecule has 0 radical (unpaired) electrons. The van der Waals surface area contributed by atoms with Crippen LogP contribution in [0.15, 0.2) is 47.1 Å². The molecule has 7 heteroatoms. The smallest absolute Gasteiger partial charge is 0.235 e. The van der Waals surface area contributed by atoms with E-state index in [2.05, 4.69) is 15.3 Å². The van der Waals surface area contributed by atoms with Crippen molar-refractivity contribution in [2.24, 2.45) is 0 Å². The standard InChI is InChI=1S/C14H10N4O2S/c1-19-10-6-3-2-5-9(10)12-15-16-14-18(12)17-13(21-14)11-7-4-8-20-11/h2-8H,1H3. The predicted octanol–water partition coefficient (Wildman–Crippen LogP) is 3.12. The molecule has 4 rings (SSSR count). The van der Waals surface area contributed by atoms with Crippen molar-refractivity contribution in [3.8, 4) is 27.9 Å². The third-order valence-corrected chi connectivity index (χ3v) is 3.98. The zero-order valence-electron chi connectivity index (χ0n) is 11.1. The highest BCUT2D eigenvalue weighted by molar-refractivity contribution is 7.19. The maximum absolute atomic E-state index is 5.37. The summed E-state index contributed by atoms with van der Waals surface area (Å²) >= 11 is 1.43. The van der Waals surface area contributed by atoms with Crippen molar-refractivity contribution in [2.45, 2.75) is 0 Å². The van der Waals surface area contributed by atoms with Crippen LogP contribution in [0.25, 0.3) is 27.1 Å². The molecule has 4 aromatic rings. The number of hydrogen-bond acceptors (Lipinski definition) is 6. The van der Waals surface area contributed by atoms with Crippen LogP contribution in [-0.4, -0.2) is 26.9 Å². The Hall–Kier alpha value is -2.67. The van der Waals surface area contributed by atoms with Gasteiger partial charge in [-0.25, -0.2) is 0 Å². The van der Waals surface area contributed by atoms with Crippen LogP contribution >= 0.6 is 11.3 Å². The van der Waals surface area contributed by atoms with Gasteiger partial charge in [0.25, 0.3) is 0 Å². The van der Waals surface area contributed by atoms with E-state index in [9.17, 15) is 0 Å². The van der Waals surface area contributed by atoms with Crippen LogP contribution in [0.5, 0.6) is 5.75 Å². The maximum atomic E-state index is 5.37. The van der Waals surface area contributed by atoms with Crippen molar-refractivity contribution in [3.05, 3.63) is 42.7 Å². The van der Waals surface area contributed by atoms with Crippen LogP contribution in [0, 0.1) is 0 Å². The number of aromatic nitrogens is 4. The van der Waals surface area contributed by atoms with Gasteiger partial charge in [-0.2, -0.15) is 4.52 Å². The van der Waals surface area contributed by atoms with Crippen LogP contribution in [-0.2, 0) is 0 Å². The second kappa shape index (κ2) is 4.71. The molecule has 0 saturated carbocycles. The fourth-order valence-corrected chi connectivity index (χ4v) is 2.92. The van der Waals surface area contributed by atoms with Crippen LogP contribution in [0.3, 0.4) is 0 Å². The molecule has 21 heavy (non-hydrogen) atoms. The van der Waals surface area contributed by atoms with Gasteiger partial charge in [-0.3, -0.25) is 0 Å². The molecule has 0 bridgehead atoms. The minimum absolute atomic E-state index is 0.650. The summed E-state index contributed by atoms with van der Waals surface area (Å²) in [5.74, 6) is 2.10. The summed E-state index contributed by atoms with van der Waals surface area (Å²) in [4.78, 5) is 0.710. The lowest BCUT2D eigenvalue weighted by molar-refractivity contribution is 0.416. The van der Waals surface area contributed by atoms with Crippen LogP contribution < -0.4 is 4.74 Å². The zero-order valence-corrected chi connectivity index (χ0v) is 11.9. The van der Waals surface area contributed by atoms with E-state index in [1.54, 1.807) is 17.9 Å². The van der Waals surface area contributed by atoms with Gasteiger partial charge in [-0.15, -0.1) is 15.3 Å². The molecule has 0 aliphatic rings. The first-order valence-corrected chi connectivity index (χ1v) is 7.08. The minimum Gasteiger partial charge on any atom is -0.496 e. The number of benzene rings is 1. The minimum atomic E-state index is 0.650. The molecule has 0 saturated heterocycles. The van der Waals surface area contributed by atoms with Gasteiger partial charge in [0.05, 0.1) is 18.9 Å². The lowest BCUT2D eigenvalue weighted by atomic mass is 10.2. The van der Waals surface area contributed by atoms with E-state index in [-0.39, 0.29) is 0 Å². The van der Waals surface area contributed by atoms with Crippen molar-refractivity contribution in [3.63, 3.8) is 0 Å². The average molecular weight is 298 g/mol. The Bertz CT molecular complexity index is 895. The predicted molar refractivity (Wildman–Crippen MR) is 78.3 cm³/mol. The second-order valence-electron chi connectivity index (χ2n) is 4.30. The molecule has 6 nitrogen and oxygen atoms in total. The molecule has 0 spiro atoms. The molecule has 0 aliphatic carbocycles. The summed E-state index contributed by atoms with van der Waals surface area (Å²) < 4.78 is 12.5. The van der Waals surface area contributed by atoms with E-state index >= 15 is 0 Å². The summed E-state index contributed by atoms with van der Waals surface area (Å²) in [6, 6.07) is 11.4. The van der Waals surface area contributed by atoms with Gasteiger partial charge in [-0.1, -0.05) is 23.5 Å². The van der Waals surface area contributed by atoms with E-state index in [0.717, 1.165) is 22.1 Å². The van der Waals surface area contributed by atoms with Crippen molar-refractivity contribution >= 4 is 16.3 Å². The van der Waals surface area contributed by atoms with Gasteiger partial charge < -0.3 is 9.15 Å². The molecule has 0 aliphatic heterocycles. The van der Waals surface area contributed by atoms with Gasteiger partial charge in [-0.05, 0) is 24.3 Å². The number of para-hydroxylation sites is 1. The van der Waals surface area contributed by atoms with E-state index in [4.69, 9.17) is 9.15 Å². The van der Waals surface area contributed by atoms with Crippen LogP contribution in [0.2, 0.25) is 0 Å². The quantitative estimate of drug-likeness (QED) is 0.581. The zero-order chi connectivity index (χ0) is 14.2. The number of ether oxygens (including phenoxy) is 1. The Kier molecular flexibility index (Phi) is 2.71. The molecular weight excluding hydrogens is 288 g/mol. The highest BCUT2D eigenvalue weighted by atomic mass is 32.1. The Labute approximate surface area is 123 Å². The van der Waals surface area contributed by atoms with E-state index in [1.165, 1.54) is 11.3 Å². The second-order valence-corrected chi connectivity index (χ2v) is 5.26. The number of rotatable bonds is 3. The molecule has 0 fully saturated rings. The summed E-state index contributed by atoms with van der Waals surface area (Å²) in [6.45, 7) is 0. The van der Waals surface area contributed by atoms with Gasteiger partial charge in [0.15, 0.2) is 16.6 Å². The first-order valence-electron chi connectivity index (χ1n) is 6.26. The Morgan fingerprint density at radius 2 is 2.05 bits per heavy atom. The van der Waals surface area contributed by atoms with Gasteiger partial charge >= 0.3 is 0 Å². The monoisotopic (exact) mass is 298 g/mol. The maximum Gasteiger partial charge on any atom is 0.235 e. The number of furan rings is 1. The first-order chi connectivity index (χ1) is 10.4. The molecule has 0 unspecified atom stereocenters. The normalized spacial score (nSPS) is 11.1. The third kappa shape index (κ3) is 1.90. The summed E-state index contributed by atoms with van der Waals surface area (Å²) in [5, 5.41) is 13.7. The van der Waals surface area contributed by atoms with Gasteiger partial charge in [0, 0.05) is 0 Å². The Morgan fingerprint density at radius 3 is 2.86 bits per heavy atom. The molecule has 104 valence electrons. The number of nitrogens with zero attached hydrogens (tertiary/aromatic N) is 4. The van der Waals surface area contributed by atoms with E-state index < -0.39 is 0 Å². The Morgan fingerprint density at radius 1 is 1.14 bits per heavy atom. The van der Waals surface area contributed by atoms with E-state index in [0.29, 0.717) is 10.8 Å². The lowest BCUT2D eigenvalue weighted by Crippen LogP contribution is -1.94. The van der Waals surface area contributed by atoms with Gasteiger partial charge in [0.1, 0.15) is 5.75 Å². The molecule has 0 amide bonds. The van der Waals surface area contributed by atoms with Crippen molar-refractivity contribution in [1.29, 1.82) is 0 Å². The summed E-state index contributed by atoms with van der Waals surface area (Å²) in [5.41, 5.74) is 0.851. The lowest BCUT2D eigenvalue weighted by Gasteiger charge is -2.04.